The smallest absolute Gasteiger partial charge is 0.410 e. The lowest BCUT2D eigenvalue weighted by atomic mass is 9.85. The van der Waals surface area contributed by atoms with Gasteiger partial charge in [-0.2, -0.15) is 0 Å². The molecule has 2 fully saturated rings. The van der Waals surface area contributed by atoms with E-state index in [1.807, 2.05) is 90.1 Å². The van der Waals surface area contributed by atoms with Crippen LogP contribution in [0.15, 0.2) is 29.8 Å². The number of ether oxygens (including phenoxy) is 1. The van der Waals surface area contributed by atoms with Gasteiger partial charge in [-0.3, -0.25) is 19.2 Å². The Balaban J connectivity index is 1.19. The molecule has 4 rings (SSSR count). The summed E-state index contributed by atoms with van der Waals surface area (Å²) < 4.78 is 5.43. The van der Waals surface area contributed by atoms with Gasteiger partial charge in [-0.25, -0.2) is 9.78 Å². The van der Waals surface area contributed by atoms with Crippen molar-refractivity contribution in [2.45, 2.75) is 137 Å². The first kappa shape index (κ1) is 43.7. The molecule has 4 atom stereocenters. The number of nitrogens with one attached hydrogen (secondary N) is 2. The molecular formula is C41H62N6O7S. The van der Waals surface area contributed by atoms with Gasteiger partial charge in [-0.1, -0.05) is 64.3 Å². The van der Waals surface area contributed by atoms with Gasteiger partial charge in [-0.05, 0) is 64.0 Å². The largest absolute Gasteiger partial charge is 0.444 e. The maximum atomic E-state index is 14.0. The Labute approximate surface area is 330 Å². The quantitative estimate of drug-likeness (QED) is 0.209. The monoisotopic (exact) mass is 782 g/mol. The van der Waals surface area contributed by atoms with Crippen molar-refractivity contribution >= 4 is 41.1 Å². The summed E-state index contributed by atoms with van der Waals surface area (Å²) in [5.74, 6) is -0.874. The summed E-state index contributed by atoms with van der Waals surface area (Å²) >= 11 is 1.58. The summed E-state index contributed by atoms with van der Waals surface area (Å²) in [5.41, 5.74) is 3.57. The molecule has 0 radical (unpaired) electrons. The predicted molar refractivity (Wildman–Crippen MR) is 213 cm³/mol. The first-order chi connectivity index (χ1) is 25.8. The maximum Gasteiger partial charge on any atom is 0.410 e. The second kappa shape index (κ2) is 19.2. The number of thiazole rings is 1. The van der Waals surface area contributed by atoms with Crippen LogP contribution in [0.25, 0.3) is 10.4 Å². The highest BCUT2D eigenvalue weighted by Gasteiger charge is 2.44. The van der Waals surface area contributed by atoms with Crippen molar-refractivity contribution in [2.75, 3.05) is 32.7 Å². The molecule has 1 aromatic carbocycles. The van der Waals surface area contributed by atoms with E-state index in [1.54, 1.807) is 16.2 Å². The van der Waals surface area contributed by atoms with Crippen LogP contribution in [0.1, 0.15) is 117 Å². The Morgan fingerprint density at radius 2 is 1.49 bits per heavy atom. The Hall–Kier alpha value is -4.04. The molecule has 14 heteroatoms. The number of carbonyl (C=O) groups excluding carboxylic acids is 5. The van der Waals surface area contributed by atoms with E-state index in [-0.39, 0.29) is 55.2 Å². The molecule has 0 bridgehead atoms. The van der Waals surface area contributed by atoms with Crippen LogP contribution >= 0.6 is 11.3 Å². The van der Waals surface area contributed by atoms with Crippen molar-refractivity contribution in [3.63, 3.8) is 0 Å². The number of benzene rings is 1. The number of rotatable bonds is 14. The number of β-amino-alcohol motifs (C(OH)–C–C–N with tert-alkyl or cyclic N) is 1. The summed E-state index contributed by atoms with van der Waals surface area (Å²) in [6.07, 6.45) is 3.60. The zero-order valence-corrected chi connectivity index (χ0v) is 34.8. The molecule has 13 nitrogen and oxygen atoms in total. The average molecular weight is 783 g/mol. The third kappa shape index (κ3) is 12.7. The zero-order chi connectivity index (χ0) is 40.5. The van der Waals surface area contributed by atoms with Crippen LogP contribution in [0.4, 0.5) is 4.79 Å². The van der Waals surface area contributed by atoms with E-state index in [0.717, 1.165) is 47.4 Å². The van der Waals surface area contributed by atoms with Gasteiger partial charge in [0.05, 0.1) is 28.2 Å². The fourth-order valence-electron chi connectivity index (χ4n) is 6.96. The Bertz CT molecular complexity index is 1620. The number of aryl methyl sites for hydroxylation is 1. The van der Waals surface area contributed by atoms with E-state index in [9.17, 15) is 29.1 Å². The predicted octanol–water partition coefficient (Wildman–Crippen LogP) is 5.60. The molecule has 1 aromatic heterocycles. The van der Waals surface area contributed by atoms with Crippen molar-refractivity contribution in [1.29, 1.82) is 0 Å². The number of aliphatic hydroxyl groups excluding tert-OH is 1. The Kier molecular flexibility index (Phi) is 15.3. The van der Waals surface area contributed by atoms with E-state index >= 15 is 0 Å². The van der Waals surface area contributed by atoms with Crippen LogP contribution in [0.3, 0.4) is 0 Å². The standard InChI is InChI=1S/C41H62N6O7S/c1-27(29-16-18-30(19-17-29)35-28(2)42-26-55-35)43-37(51)32-24-31(48)25-47(32)38(52)36(40(3,4)5)44-33(49)14-12-10-9-11-13-15-34(50)45-20-22-46(23-21-45)39(53)54-41(6,7)8/h16-19,26-27,31-32,36,48H,9-15,20-25H2,1-8H3,(H,43,51)(H,44,49)/t27-,31+,32-,36?/m0/s1. The summed E-state index contributed by atoms with van der Waals surface area (Å²) in [6, 6.07) is 5.89. The first-order valence-corrected chi connectivity index (χ1v) is 20.6. The second-order valence-corrected chi connectivity index (χ2v) is 17.9. The number of nitrogens with zero attached hydrogens (tertiary/aromatic N) is 4. The lowest BCUT2D eigenvalue weighted by molar-refractivity contribution is -0.144. The van der Waals surface area contributed by atoms with Crippen LogP contribution in [-0.2, 0) is 23.9 Å². The van der Waals surface area contributed by atoms with E-state index in [0.29, 0.717) is 39.0 Å². The number of unbranched alkanes of at least 4 members (excludes halogenated alkanes) is 4. The fraction of sp³-hybridized carbons (Fsp3) is 0.659. The molecule has 55 heavy (non-hydrogen) atoms. The summed E-state index contributed by atoms with van der Waals surface area (Å²) in [7, 11) is 0. The Morgan fingerprint density at radius 3 is 2.07 bits per heavy atom. The van der Waals surface area contributed by atoms with Gasteiger partial charge < -0.3 is 35.2 Å². The third-order valence-corrected chi connectivity index (χ3v) is 11.1. The lowest BCUT2D eigenvalue weighted by Gasteiger charge is -2.35. The molecular weight excluding hydrogens is 721 g/mol. The molecule has 3 N–H and O–H groups in total. The zero-order valence-electron chi connectivity index (χ0n) is 34.0. The average Bonchev–Trinajstić information content (AvgIpc) is 3.73. The van der Waals surface area contributed by atoms with Gasteiger partial charge in [0, 0.05) is 52.0 Å². The van der Waals surface area contributed by atoms with Crippen molar-refractivity contribution in [3.05, 3.63) is 41.0 Å². The number of likely N-dealkylation sites (tertiary alicyclic amines) is 1. The van der Waals surface area contributed by atoms with Crippen LogP contribution in [0.5, 0.6) is 0 Å². The molecule has 3 heterocycles. The minimum atomic E-state index is -0.877. The topological polar surface area (TPSA) is 161 Å². The summed E-state index contributed by atoms with van der Waals surface area (Å²) in [6.45, 7) is 16.9. The molecule has 2 saturated heterocycles. The van der Waals surface area contributed by atoms with E-state index in [1.165, 1.54) is 4.90 Å². The maximum absolute atomic E-state index is 14.0. The molecule has 2 aromatic rings. The number of hydrogen-bond donors (Lipinski definition) is 3. The second-order valence-electron chi connectivity index (χ2n) is 17.0. The van der Waals surface area contributed by atoms with Gasteiger partial charge in [-0.15, -0.1) is 11.3 Å². The number of aliphatic hydroxyl groups is 1. The minimum absolute atomic E-state index is 0.0153. The minimum Gasteiger partial charge on any atom is -0.444 e. The van der Waals surface area contributed by atoms with Crippen LogP contribution in [0, 0.1) is 12.3 Å². The first-order valence-electron chi connectivity index (χ1n) is 19.7. The number of amides is 5. The van der Waals surface area contributed by atoms with Gasteiger partial charge in [0.15, 0.2) is 0 Å². The van der Waals surface area contributed by atoms with Gasteiger partial charge in [0.25, 0.3) is 0 Å². The SMILES string of the molecule is Cc1ncsc1-c1ccc([C@H](C)NC(=O)[C@@H]2C[C@@H](O)CN2C(=O)C(NC(=O)CCCCCCCC(=O)N2CCN(C(=O)OC(C)(C)C)CC2)C(C)(C)C)cc1. The molecule has 5 amide bonds. The van der Waals surface area contributed by atoms with E-state index in [2.05, 4.69) is 15.6 Å². The van der Waals surface area contributed by atoms with Crippen molar-refractivity contribution in [3.8, 4) is 10.4 Å². The highest BCUT2D eigenvalue weighted by molar-refractivity contribution is 7.13. The molecule has 0 aliphatic carbocycles. The normalized spacial score (nSPS) is 18.8. The van der Waals surface area contributed by atoms with Gasteiger partial charge in [0.2, 0.25) is 23.6 Å². The lowest BCUT2D eigenvalue weighted by Crippen LogP contribution is -2.57. The van der Waals surface area contributed by atoms with Crippen molar-refractivity contribution < 1.29 is 33.8 Å². The number of aromatic nitrogens is 1. The van der Waals surface area contributed by atoms with Crippen molar-refractivity contribution in [1.82, 2.24) is 30.3 Å². The summed E-state index contributed by atoms with van der Waals surface area (Å²) in [4.78, 5) is 76.0. The molecule has 0 spiro atoms. The molecule has 2 aliphatic rings. The molecule has 304 valence electrons. The van der Waals surface area contributed by atoms with Crippen LogP contribution in [-0.4, -0.2) is 111 Å². The summed E-state index contributed by atoms with van der Waals surface area (Å²) in [5, 5.41) is 16.6. The highest BCUT2D eigenvalue weighted by Crippen LogP contribution is 2.30. The van der Waals surface area contributed by atoms with Crippen molar-refractivity contribution in [2.24, 2.45) is 5.41 Å². The molecule has 2 aliphatic heterocycles. The number of piperazine rings is 1. The fourth-order valence-corrected chi connectivity index (χ4v) is 7.78. The van der Waals surface area contributed by atoms with E-state index < -0.39 is 29.2 Å². The van der Waals surface area contributed by atoms with Crippen LogP contribution in [0.2, 0.25) is 0 Å². The third-order valence-electron chi connectivity index (χ3n) is 10.1. The van der Waals surface area contributed by atoms with Gasteiger partial charge >= 0.3 is 6.09 Å². The number of hydrogen-bond acceptors (Lipinski definition) is 9. The van der Waals surface area contributed by atoms with Gasteiger partial charge in [0.1, 0.15) is 17.7 Å². The van der Waals surface area contributed by atoms with E-state index in [4.69, 9.17) is 4.74 Å². The van der Waals surface area contributed by atoms with Crippen LogP contribution < -0.4 is 10.6 Å². The molecule has 1 unspecified atom stereocenters. The Morgan fingerprint density at radius 1 is 0.891 bits per heavy atom. The highest BCUT2D eigenvalue weighted by atomic mass is 32.1. The molecule has 0 saturated carbocycles. The number of carbonyl (C=O) groups is 5.